The number of likely N-dealkylation sites (N-methyl/N-ethyl adjacent to an activating group) is 1. The van der Waals surface area contributed by atoms with Crippen molar-refractivity contribution in [3.05, 3.63) is 58.4 Å². The fourth-order valence-corrected chi connectivity index (χ4v) is 5.57. The van der Waals surface area contributed by atoms with E-state index in [2.05, 4.69) is 29.4 Å². The number of likely N-dealkylation sites (tertiary alicyclic amines) is 1. The van der Waals surface area contributed by atoms with Crippen LogP contribution in [0.15, 0.2) is 36.4 Å². The van der Waals surface area contributed by atoms with Crippen LogP contribution in [0.3, 0.4) is 0 Å². The summed E-state index contributed by atoms with van der Waals surface area (Å²) in [6.45, 7) is 1.91. The van der Waals surface area contributed by atoms with Gasteiger partial charge in [-0.05, 0) is 62.1 Å². The highest BCUT2D eigenvalue weighted by Crippen LogP contribution is 2.49. The molecule has 0 aromatic heterocycles. The van der Waals surface area contributed by atoms with Crippen LogP contribution >= 0.6 is 11.6 Å². The second-order valence-corrected chi connectivity index (χ2v) is 9.07. The van der Waals surface area contributed by atoms with Crippen LogP contribution in [-0.2, 0) is 5.41 Å². The number of benzene rings is 2. The topological polar surface area (TPSA) is 50.8 Å². The largest absolute Gasteiger partial charge is 0.493 e. The molecule has 1 aliphatic heterocycles. The van der Waals surface area contributed by atoms with Crippen molar-refractivity contribution >= 4 is 17.5 Å². The lowest BCUT2D eigenvalue weighted by atomic mass is 9.63. The summed E-state index contributed by atoms with van der Waals surface area (Å²) in [6.07, 6.45) is 2.60. The fourth-order valence-electron chi connectivity index (χ4n) is 5.39. The van der Waals surface area contributed by atoms with Crippen LogP contribution in [0, 0.1) is 11.7 Å². The molecule has 2 aliphatic rings. The molecule has 31 heavy (non-hydrogen) atoms. The standard InChI is InChI=1S/C24H28ClFN2O3/c1-28-13-16-11-17(27-23(29)18-5-4-6-19(25)22(18)26)9-10-24(16,14-28)15-7-8-20(30-2)21(12-15)31-3/h4-8,12,16-17H,9-11,13-14H2,1-3H3,(H,27,29)/t16-,17+,24-/m1/s1. The third-order valence-corrected chi connectivity index (χ3v) is 7.16. The SMILES string of the molecule is COc1ccc([C@]23CC[C@H](NC(=O)c4cccc(Cl)c4F)C[C@@H]2CN(C)C3)cc1OC. The van der Waals surface area contributed by atoms with Crippen LogP contribution in [0.2, 0.25) is 5.02 Å². The number of amides is 1. The number of nitrogens with zero attached hydrogens (tertiary/aromatic N) is 1. The average Bonchev–Trinajstić information content (AvgIpc) is 3.11. The Morgan fingerprint density at radius 1 is 1.23 bits per heavy atom. The predicted molar refractivity (Wildman–Crippen MR) is 119 cm³/mol. The van der Waals surface area contributed by atoms with Crippen LogP contribution in [0.1, 0.15) is 35.2 Å². The highest BCUT2D eigenvalue weighted by Gasteiger charge is 2.50. The molecule has 7 heteroatoms. The molecule has 1 aliphatic carbocycles. The van der Waals surface area contributed by atoms with Gasteiger partial charge in [-0.15, -0.1) is 0 Å². The zero-order chi connectivity index (χ0) is 22.2. The number of rotatable bonds is 5. The Kier molecular flexibility index (Phi) is 6.13. The third-order valence-electron chi connectivity index (χ3n) is 6.86. The number of ether oxygens (including phenoxy) is 2. The summed E-state index contributed by atoms with van der Waals surface area (Å²) in [5.41, 5.74) is 1.23. The molecular formula is C24H28ClFN2O3. The van der Waals surface area contributed by atoms with E-state index in [1.807, 2.05) is 6.07 Å². The van der Waals surface area contributed by atoms with Gasteiger partial charge in [0.15, 0.2) is 17.3 Å². The first-order valence-electron chi connectivity index (χ1n) is 10.5. The van der Waals surface area contributed by atoms with Gasteiger partial charge in [-0.2, -0.15) is 0 Å². The second-order valence-electron chi connectivity index (χ2n) is 8.67. The number of carbonyl (C=O) groups is 1. The molecule has 0 unspecified atom stereocenters. The van der Waals surface area contributed by atoms with E-state index >= 15 is 0 Å². The van der Waals surface area contributed by atoms with Gasteiger partial charge in [0.25, 0.3) is 5.91 Å². The molecule has 3 atom stereocenters. The summed E-state index contributed by atoms with van der Waals surface area (Å²) in [6, 6.07) is 10.7. The van der Waals surface area contributed by atoms with Crippen LogP contribution in [0.25, 0.3) is 0 Å². The average molecular weight is 447 g/mol. The molecule has 2 aromatic rings. The van der Waals surface area contributed by atoms with Gasteiger partial charge in [0.2, 0.25) is 0 Å². The number of carbonyl (C=O) groups excluding carboxylic acids is 1. The molecule has 4 rings (SSSR count). The van der Waals surface area contributed by atoms with Gasteiger partial charge in [-0.25, -0.2) is 4.39 Å². The summed E-state index contributed by atoms with van der Waals surface area (Å²) in [5.74, 6) is 0.746. The van der Waals surface area contributed by atoms with Gasteiger partial charge in [-0.1, -0.05) is 23.7 Å². The lowest BCUT2D eigenvalue weighted by molar-refractivity contribution is 0.0900. The first-order chi connectivity index (χ1) is 14.9. The monoisotopic (exact) mass is 446 g/mol. The molecular weight excluding hydrogens is 419 g/mol. The van der Waals surface area contributed by atoms with Crippen LogP contribution in [0.4, 0.5) is 4.39 Å². The Bertz CT molecular complexity index is 985. The van der Waals surface area contributed by atoms with Gasteiger partial charge in [0.05, 0.1) is 24.8 Å². The minimum absolute atomic E-state index is 0.00314. The zero-order valence-electron chi connectivity index (χ0n) is 18.1. The van der Waals surface area contributed by atoms with Crippen molar-refractivity contribution < 1.29 is 18.7 Å². The second kappa shape index (κ2) is 8.67. The number of hydrogen-bond acceptors (Lipinski definition) is 4. The van der Waals surface area contributed by atoms with Crippen molar-refractivity contribution in [1.82, 2.24) is 10.2 Å². The summed E-state index contributed by atoms with van der Waals surface area (Å²) >= 11 is 5.84. The first-order valence-corrected chi connectivity index (χ1v) is 10.9. The van der Waals surface area contributed by atoms with E-state index in [-0.39, 0.29) is 22.0 Å². The Hall–Kier alpha value is -2.31. The fraction of sp³-hybridized carbons (Fsp3) is 0.458. The molecule has 0 spiro atoms. The minimum atomic E-state index is -0.669. The molecule has 1 amide bonds. The van der Waals surface area contributed by atoms with Crippen LogP contribution < -0.4 is 14.8 Å². The molecule has 1 N–H and O–H groups in total. The van der Waals surface area contributed by atoms with E-state index in [1.165, 1.54) is 17.7 Å². The van der Waals surface area contributed by atoms with E-state index in [9.17, 15) is 9.18 Å². The maximum absolute atomic E-state index is 14.3. The summed E-state index contributed by atoms with van der Waals surface area (Å²) in [5, 5.41) is 3.00. The van der Waals surface area contributed by atoms with Crippen molar-refractivity contribution in [3.63, 3.8) is 0 Å². The molecule has 166 valence electrons. The maximum atomic E-state index is 14.3. The van der Waals surface area contributed by atoms with Gasteiger partial charge >= 0.3 is 0 Å². The quantitative estimate of drug-likeness (QED) is 0.744. The van der Waals surface area contributed by atoms with Crippen molar-refractivity contribution in [2.24, 2.45) is 5.92 Å². The Balaban J connectivity index is 1.55. The van der Waals surface area contributed by atoms with E-state index in [1.54, 1.807) is 20.3 Å². The lowest BCUT2D eigenvalue weighted by Gasteiger charge is -2.43. The highest BCUT2D eigenvalue weighted by atomic mass is 35.5. The number of halogens is 2. The van der Waals surface area contributed by atoms with Gasteiger partial charge in [0, 0.05) is 24.5 Å². The van der Waals surface area contributed by atoms with Gasteiger partial charge in [0.1, 0.15) is 0 Å². The van der Waals surface area contributed by atoms with Crippen molar-refractivity contribution in [2.45, 2.75) is 30.7 Å². The normalized spacial score (nSPS) is 25.7. The highest BCUT2D eigenvalue weighted by molar-refractivity contribution is 6.31. The number of hydrogen-bond donors (Lipinski definition) is 1. The first kappa shape index (κ1) is 21.9. The van der Waals surface area contributed by atoms with Gasteiger partial charge < -0.3 is 19.7 Å². The van der Waals surface area contributed by atoms with E-state index < -0.39 is 11.7 Å². The smallest absolute Gasteiger partial charge is 0.254 e. The molecule has 1 saturated carbocycles. The van der Waals surface area contributed by atoms with Crippen LogP contribution in [-0.4, -0.2) is 51.2 Å². The Morgan fingerprint density at radius 2 is 2.00 bits per heavy atom. The Morgan fingerprint density at radius 3 is 2.74 bits per heavy atom. The van der Waals surface area contributed by atoms with E-state index in [0.29, 0.717) is 5.92 Å². The molecule has 5 nitrogen and oxygen atoms in total. The minimum Gasteiger partial charge on any atom is -0.493 e. The summed E-state index contributed by atoms with van der Waals surface area (Å²) in [7, 11) is 5.42. The number of nitrogens with one attached hydrogen (secondary N) is 1. The summed E-state index contributed by atoms with van der Waals surface area (Å²) < 4.78 is 25.2. The van der Waals surface area contributed by atoms with Crippen molar-refractivity contribution in [2.75, 3.05) is 34.4 Å². The van der Waals surface area contributed by atoms with E-state index in [4.69, 9.17) is 21.1 Å². The Labute approximate surface area is 187 Å². The number of methoxy groups -OCH3 is 2. The molecule has 1 saturated heterocycles. The maximum Gasteiger partial charge on any atom is 0.254 e. The molecule has 2 aromatic carbocycles. The lowest BCUT2D eigenvalue weighted by Crippen LogP contribution is -2.47. The summed E-state index contributed by atoms with van der Waals surface area (Å²) in [4.78, 5) is 15.0. The van der Waals surface area contributed by atoms with Crippen molar-refractivity contribution in [3.8, 4) is 11.5 Å². The molecule has 1 heterocycles. The van der Waals surface area contributed by atoms with E-state index in [0.717, 1.165) is 43.9 Å². The molecule has 2 fully saturated rings. The van der Waals surface area contributed by atoms with Crippen LogP contribution in [0.5, 0.6) is 11.5 Å². The van der Waals surface area contributed by atoms with Gasteiger partial charge in [-0.3, -0.25) is 4.79 Å². The number of fused-ring (bicyclic) bond motifs is 1. The van der Waals surface area contributed by atoms with Crippen molar-refractivity contribution in [1.29, 1.82) is 0 Å². The molecule has 0 bridgehead atoms. The predicted octanol–water partition coefficient (Wildman–Crippen LogP) is 4.28. The zero-order valence-corrected chi connectivity index (χ0v) is 18.8. The third kappa shape index (κ3) is 3.99. The molecule has 0 radical (unpaired) electrons.